The Morgan fingerprint density at radius 1 is 1.86 bits per heavy atom. The van der Waals surface area contributed by atoms with E-state index in [1.54, 1.807) is 24.0 Å². The quantitative estimate of drug-likeness (QED) is 0.631. The van der Waals surface area contributed by atoms with Crippen molar-refractivity contribution in [3.05, 3.63) is 12.4 Å². The summed E-state index contributed by atoms with van der Waals surface area (Å²) in [6, 6.07) is -0.777. The fourth-order valence-electron chi connectivity index (χ4n) is 0.982. The zero-order valence-corrected chi connectivity index (χ0v) is 8.10. The highest BCUT2D eigenvalue weighted by Gasteiger charge is 2.18. The lowest BCUT2D eigenvalue weighted by Crippen LogP contribution is -2.34. The van der Waals surface area contributed by atoms with Gasteiger partial charge in [-0.05, 0) is 0 Å². The highest BCUT2D eigenvalue weighted by molar-refractivity contribution is 5.78. The number of nitrogens with one attached hydrogen (secondary N) is 1. The van der Waals surface area contributed by atoms with E-state index in [9.17, 15) is 4.79 Å². The molecule has 6 heteroatoms. The molecule has 1 aromatic heterocycles. The van der Waals surface area contributed by atoms with Gasteiger partial charge >= 0.3 is 5.97 Å². The second-order valence-corrected chi connectivity index (χ2v) is 2.76. The van der Waals surface area contributed by atoms with E-state index in [4.69, 9.17) is 5.11 Å². The van der Waals surface area contributed by atoms with E-state index >= 15 is 0 Å². The summed E-state index contributed by atoms with van der Waals surface area (Å²) in [4.78, 5) is 15.1. The van der Waals surface area contributed by atoms with E-state index in [1.807, 2.05) is 0 Å². The molecule has 2 N–H and O–H groups in total. The number of rotatable bonds is 4. The van der Waals surface area contributed by atoms with Crippen LogP contribution in [0.15, 0.2) is 12.4 Å². The van der Waals surface area contributed by atoms with Crippen LogP contribution in [0.2, 0.25) is 0 Å². The van der Waals surface area contributed by atoms with Crippen molar-refractivity contribution in [1.82, 2.24) is 9.55 Å². The van der Waals surface area contributed by atoms with Gasteiger partial charge in [0, 0.05) is 19.4 Å². The molecule has 0 saturated heterocycles. The summed E-state index contributed by atoms with van der Waals surface area (Å²) in [5.41, 5.74) is 0. The highest BCUT2D eigenvalue weighted by atomic mass is 16.5. The third kappa shape index (κ3) is 2.23. The van der Waals surface area contributed by atoms with Crippen LogP contribution in [0.5, 0.6) is 0 Å². The van der Waals surface area contributed by atoms with E-state index in [1.165, 1.54) is 7.11 Å². The summed E-state index contributed by atoms with van der Waals surface area (Å²) >= 11 is 0. The second-order valence-electron chi connectivity index (χ2n) is 2.76. The monoisotopic (exact) mass is 199 g/mol. The molecule has 0 radical (unpaired) electrons. The third-order valence-electron chi connectivity index (χ3n) is 1.79. The smallest absolute Gasteiger partial charge is 0.330 e. The van der Waals surface area contributed by atoms with Crippen molar-refractivity contribution in [1.29, 1.82) is 0 Å². The van der Waals surface area contributed by atoms with Crippen molar-refractivity contribution >= 4 is 11.9 Å². The number of aryl methyl sites for hydroxylation is 1. The first kappa shape index (κ1) is 10.5. The Labute approximate surface area is 81.5 Å². The molecular weight excluding hydrogens is 186 g/mol. The Balaban J connectivity index is 2.66. The number of carbonyl (C=O) groups is 1. The summed E-state index contributed by atoms with van der Waals surface area (Å²) in [6.45, 7) is -0.334. The topological polar surface area (TPSA) is 76.4 Å². The summed E-state index contributed by atoms with van der Waals surface area (Å²) in [6.07, 6.45) is 3.32. The molecule has 0 aliphatic carbocycles. The normalized spacial score (nSPS) is 12.2. The van der Waals surface area contributed by atoms with Gasteiger partial charge in [-0.15, -0.1) is 0 Å². The largest absolute Gasteiger partial charge is 0.467 e. The van der Waals surface area contributed by atoms with Crippen LogP contribution in [0.25, 0.3) is 0 Å². The number of anilines is 1. The van der Waals surface area contributed by atoms with Crippen LogP contribution in [0.3, 0.4) is 0 Å². The molecule has 0 saturated carbocycles. The van der Waals surface area contributed by atoms with E-state index < -0.39 is 12.0 Å². The molecule has 1 rings (SSSR count). The number of carbonyl (C=O) groups excluding carboxylic acids is 1. The highest BCUT2D eigenvalue weighted by Crippen LogP contribution is 2.03. The lowest BCUT2D eigenvalue weighted by Gasteiger charge is -2.14. The number of methoxy groups -OCH3 is 1. The minimum Gasteiger partial charge on any atom is -0.467 e. The average Bonchev–Trinajstić information content (AvgIpc) is 2.59. The van der Waals surface area contributed by atoms with Gasteiger partial charge in [-0.25, -0.2) is 9.78 Å². The molecule has 0 bridgehead atoms. The number of hydrogen-bond acceptors (Lipinski definition) is 5. The lowest BCUT2D eigenvalue weighted by molar-refractivity contribution is -0.142. The first-order valence-electron chi connectivity index (χ1n) is 4.11. The molecule has 0 aliphatic rings. The molecular formula is C8H13N3O3. The third-order valence-corrected chi connectivity index (χ3v) is 1.79. The lowest BCUT2D eigenvalue weighted by atomic mass is 10.3. The van der Waals surface area contributed by atoms with Crippen LogP contribution in [-0.4, -0.2) is 40.4 Å². The van der Waals surface area contributed by atoms with Crippen LogP contribution in [0.4, 0.5) is 5.95 Å². The number of aromatic nitrogens is 2. The minimum absolute atomic E-state index is 0.334. The van der Waals surface area contributed by atoms with Crippen molar-refractivity contribution in [2.24, 2.45) is 7.05 Å². The van der Waals surface area contributed by atoms with Crippen molar-refractivity contribution in [2.75, 3.05) is 19.0 Å². The van der Waals surface area contributed by atoms with Crippen molar-refractivity contribution in [3.63, 3.8) is 0 Å². The molecule has 0 amide bonds. The number of aliphatic hydroxyl groups is 1. The van der Waals surface area contributed by atoms with Gasteiger partial charge < -0.3 is 19.7 Å². The summed E-state index contributed by atoms with van der Waals surface area (Å²) in [7, 11) is 3.05. The number of ether oxygens (including phenoxy) is 1. The molecule has 1 heterocycles. The van der Waals surface area contributed by atoms with E-state index in [-0.39, 0.29) is 6.61 Å². The van der Waals surface area contributed by atoms with Gasteiger partial charge in [-0.2, -0.15) is 0 Å². The molecule has 0 aliphatic heterocycles. The van der Waals surface area contributed by atoms with Gasteiger partial charge in [0.05, 0.1) is 13.7 Å². The summed E-state index contributed by atoms with van der Waals surface area (Å²) < 4.78 is 6.19. The SMILES string of the molecule is COC(=O)C(CO)Nc1nccn1C. The number of esters is 1. The predicted octanol–water partition coefficient (Wildman–Crippen LogP) is -0.634. The number of hydrogen-bond donors (Lipinski definition) is 2. The van der Waals surface area contributed by atoms with Gasteiger partial charge in [-0.1, -0.05) is 0 Å². The Morgan fingerprint density at radius 2 is 2.57 bits per heavy atom. The zero-order chi connectivity index (χ0) is 10.6. The van der Waals surface area contributed by atoms with Gasteiger partial charge in [-0.3, -0.25) is 0 Å². The first-order chi connectivity index (χ1) is 6.69. The van der Waals surface area contributed by atoms with Gasteiger partial charge in [0.15, 0.2) is 6.04 Å². The maximum absolute atomic E-state index is 11.1. The summed E-state index contributed by atoms with van der Waals surface area (Å²) in [5.74, 6) is -0.00931. The molecule has 0 aromatic carbocycles. The fraction of sp³-hybridized carbons (Fsp3) is 0.500. The molecule has 1 unspecified atom stereocenters. The van der Waals surface area contributed by atoms with E-state index in [2.05, 4.69) is 15.0 Å². The molecule has 0 spiro atoms. The van der Waals surface area contributed by atoms with Crippen LogP contribution in [0.1, 0.15) is 0 Å². The molecule has 1 atom stereocenters. The Morgan fingerprint density at radius 3 is 3.00 bits per heavy atom. The minimum atomic E-state index is -0.777. The van der Waals surface area contributed by atoms with Crippen molar-refractivity contribution in [2.45, 2.75) is 6.04 Å². The second kappa shape index (κ2) is 4.61. The summed E-state index contributed by atoms with van der Waals surface area (Å²) in [5, 5.41) is 11.7. The first-order valence-corrected chi connectivity index (χ1v) is 4.11. The molecule has 14 heavy (non-hydrogen) atoms. The van der Waals surface area contributed by atoms with Crippen molar-refractivity contribution < 1.29 is 14.6 Å². The van der Waals surface area contributed by atoms with Gasteiger partial charge in [0.2, 0.25) is 5.95 Å². The fourth-order valence-corrected chi connectivity index (χ4v) is 0.982. The van der Waals surface area contributed by atoms with Crippen LogP contribution in [-0.2, 0) is 16.6 Å². The molecule has 6 nitrogen and oxygen atoms in total. The van der Waals surface area contributed by atoms with Crippen LogP contribution in [0, 0.1) is 0 Å². The van der Waals surface area contributed by atoms with Crippen molar-refractivity contribution in [3.8, 4) is 0 Å². The van der Waals surface area contributed by atoms with Crippen LogP contribution >= 0.6 is 0 Å². The Hall–Kier alpha value is -1.56. The average molecular weight is 199 g/mol. The number of aliphatic hydroxyl groups excluding tert-OH is 1. The van der Waals surface area contributed by atoms with E-state index in [0.717, 1.165) is 0 Å². The zero-order valence-electron chi connectivity index (χ0n) is 8.10. The van der Waals surface area contributed by atoms with Gasteiger partial charge in [0.25, 0.3) is 0 Å². The van der Waals surface area contributed by atoms with Crippen LogP contribution < -0.4 is 5.32 Å². The maximum atomic E-state index is 11.1. The molecule has 78 valence electrons. The van der Waals surface area contributed by atoms with Gasteiger partial charge in [0.1, 0.15) is 0 Å². The number of imidazole rings is 1. The maximum Gasteiger partial charge on any atom is 0.330 e. The molecule has 1 aromatic rings. The molecule has 0 fully saturated rings. The van der Waals surface area contributed by atoms with E-state index in [0.29, 0.717) is 5.95 Å². The predicted molar refractivity (Wildman–Crippen MR) is 49.7 cm³/mol. The number of nitrogens with zero attached hydrogens (tertiary/aromatic N) is 2. The Bertz CT molecular complexity index is 311. The Kier molecular flexibility index (Phi) is 3.47. The standard InChI is InChI=1S/C8H13N3O3/c1-11-4-3-9-8(11)10-6(5-12)7(13)14-2/h3-4,6,12H,5H2,1-2H3,(H,9,10).